The summed E-state index contributed by atoms with van der Waals surface area (Å²) in [5.41, 5.74) is -0.187. The number of hydrogen-bond donors (Lipinski definition) is 1. The van der Waals surface area contributed by atoms with Crippen molar-refractivity contribution in [1.82, 2.24) is 25.5 Å². The first-order chi connectivity index (χ1) is 11.2. The van der Waals surface area contributed by atoms with Gasteiger partial charge in [-0.3, -0.25) is 4.79 Å². The van der Waals surface area contributed by atoms with Crippen LogP contribution in [0.15, 0.2) is 24.3 Å². The van der Waals surface area contributed by atoms with Crippen LogP contribution in [0, 0.1) is 5.82 Å². The number of nitrogens with zero attached hydrogens (tertiary/aromatic N) is 4. The van der Waals surface area contributed by atoms with E-state index in [1.165, 1.54) is 24.3 Å². The molecule has 0 bridgehead atoms. The predicted molar refractivity (Wildman–Crippen MR) is 83.0 cm³/mol. The Hall–Kier alpha value is -2.36. The maximum atomic E-state index is 12.9. The summed E-state index contributed by atoms with van der Waals surface area (Å²) < 4.78 is 36.0. The molecule has 10 heteroatoms. The second kappa shape index (κ2) is 5.93. The second-order valence-electron chi connectivity index (χ2n) is 6.10. The molecule has 24 heavy (non-hydrogen) atoms. The van der Waals surface area contributed by atoms with Crippen molar-refractivity contribution in [2.45, 2.75) is 25.4 Å². The molecule has 2 aromatic rings. The first-order valence-electron chi connectivity index (χ1n) is 7.30. The van der Waals surface area contributed by atoms with Crippen LogP contribution in [-0.2, 0) is 21.2 Å². The molecule has 1 N–H and O–H groups in total. The fraction of sp³-hybridized carbons (Fsp3) is 0.429. The summed E-state index contributed by atoms with van der Waals surface area (Å²) in [7, 11) is -3.10. The molecule has 8 nitrogen and oxygen atoms in total. The van der Waals surface area contributed by atoms with Crippen molar-refractivity contribution in [2.75, 3.05) is 11.5 Å². The Morgan fingerprint density at radius 2 is 2.08 bits per heavy atom. The first-order valence-corrected chi connectivity index (χ1v) is 9.12. The van der Waals surface area contributed by atoms with Gasteiger partial charge >= 0.3 is 0 Å². The van der Waals surface area contributed by atoms with Crippen LogP contribution in [0.1, 0.15) is 13.3 Å². The molecule has 0 aliphatic carbocycles. The number of halogens is 1. The lowest BCUT2D eigenvalue weighted by atomic mass is 10.0. The molecule has 128 valence electrons. The largest absolute Gasteiger partial charge is 0.348 e. The van der Waals surface area contributed by atoms with E-state index in [0.717, 1.165) is 4.80 Å². The molecule has 1 aliphatic rings. The Kier molecular flexibility index (Phi) is 4.08. The van der Waals surface area contributed by atoms with Gasteiger partial charge in [-0.2, -0.15) is 4.80 Å². The van der Waals surface area contributed by atoms with Crippen LogP contribution in [-0.4, -0.2) is 51.6 Å². The van der Waals surface area contributed by atoms with E-state index in [2.05, 4.69) is 20.7 Å². The molecule has 1 saturated heterocycles. The Labute approximate surface area is 138 Å². The van der Waals surface area contributed by atoms with Gasteiger partial charge in [0.25, 0.3) is 0 Å². The van der Waals surface area contributed by atoms with E-state index in [1.54, 1.807) is 6.92 Å². The Bertz CT molecular complexity index is 865. The summed E-state index contributed by atoms with van der Waals surface area (Å²) in [4.78, 5) is 13.2. The number of benzene rings is 1. The molecule has 1 amide bonds. The van der Waals surface area contributed by atoms with Crippen LogP contribution < -0.4 is 5.32 Å². The van der Waals surface area contributed by atoms with Crippen molar-refractivity contribution in [3.05, 3.63) is 30.1 Å². The minimum Gasteiger partial charge on any atom is -0.348 e. The smallest absolute Gasteiger partial charge is 0.244 e. The maximum Gasteiger partial charge on any atom is 0.244 e. The van der Waals surface area contributed by atoms with Gasteiger partial charge < -0.3 is 5.32 Å². The SMILES string of the molecule is C[C@]1(NC(=O)Cn2nnc(-c3ccc(F)cc3)n2)CCS(=O)(=O)C1. The van der Waals surface area contributed by atoms with E-state index in [1.807, 2.05) is 0 Å². The summed E-state index contributed by atoms with van der Waals surface area (Å²) in [6.45, 7) is 1.53. The summed E-state index contributed by atoms with van der Waals surface area (Å²) >= 11 is 0. The van der Waals surface area contributed by atoms with Gasteiger partial charge in [0.2, 0.25) is 11.7 Å². The van der Waals surface area contributed by atoms with Crippen LogP contribution in [0.25, 0.3) is 11.4 Å². The topological polar surface area (TPSA) is 107 Å². The van der Waals surface area contributed by atoms with Crippen LogP contribution in [0.5, 0.6) is 0 Å². The van der Waals surface area contributed by atoms with Gasteiger partial charge in [-0.1, -0.05) is 0 Å². The number of carbonyl (C=O) groups is 1. The number of nitrogens with one attached hydrogen (secondary N) is 1. The van der Waals surface area contributed by atoms with E-state index in [-0.39, 0.29) is 29.7 Å². The number of tetrazole rings is 1. The highest BCUT2D eigenvalue weighted by Crippen LogP contribution is 2.22. The second-order valence-corrected chi connectivity index (χ2v) is 8.29. The van der Waals surface area contributed by atoms with Crippen LogP contribution >= 0.6 is 0 Å². The molecule has 1 aromatic heterocycles. The van der Waals surface area contributed by atoms with Crippen molar-refractivity contribution in [3.8, 4) is 11.4 Å². The number of rotatable bonds is 4. The van der Waals surface area contributed by atoms with Crippen molar-refractivity contribution in [1.29, 1.82) is 0 Å². The van der Waals surface area contributed by atoms with Crippen molar-refractivity contribution < 1.29 is 17.6 Å². The first kappa shape index (κ1) is 16.5. The summed E-state index contributed by atoms with van der Waals surface area (Å²) in [6.07, 6.45) is 0.382. The lowest BCUT2D eigenvalue weighted by Crippen LogP contribution is -2.48. The Morgan fingerprint density at radius 1 is 1.38 bits per heavy atom. The van der Waals surface area contributed by atoms with Crippen molar-refractivity contribution in [2.24, 2.45) is 0 Å². The van der Waals surface area contributed by atoms with Crippen LogP contribution in [0.3, 0.4) is 0 Å². The zero-order valence-corrected chi connectivity index (χ0v) is 13.8. The average molecular weight is 353 g/mol. The van der Waals surface area contributed by atoms with E-state index < -0.39 is 21.3 Å². The zero-order valence-electron chi connectivity index (χ0n) is 12.9. The fourth-order valence-electron chi connectivity index (χ4n) is 2.64. The van der Waals surface area contributed by atoms with Crippen molar-refractivity contribution >= 4 is 15.7 Å². The van der Waals surface area contributed by atoms with Crippen LogP contribution in [0.2, 0.25) is 0 Å². The summed E-state index contributed by atoms with van der Waals surface area (Å²) in [5, 5.41) is 14.4. The van der Waals surface area contributed by atoms with E-state index in [0.29, 0.717) is 12.0 Å². The lowest BCUT2D eigenvalue weighted by molar-refractivity contribution is -0.123. The van der Waals surface area contributed by atoms with Gasteiger partial charge in [-0.05, 0) is 42.8 Å². The molecule has 1 atom stereocenters. The standard InChI is InChI=1S/C14H16FN5O3S/c1-14(6-7-24(22,23)9-14)16-12(21)8-20-18-13(17-19-20)10-2-4-11(15)5-3-10/h2-5H,6-9H2,1H3,(H,16,21)/t14-/m0/s1. The normalized spacial score (nSPS) is 22.4. The molecule has 1 aromatic carbocycles. The van der Waals surface area contributed by atoms with Crippen LogP contribution in [0.4, 0.5) is 4.39 Å². The molecule has 1 aliphatic heterocycles. The van der Waals surface area contributed by atoms with E-state index >= 15 is 0 Å². The highest BCUT2D eigenvalue weighted by molar-refractivity contribution is 7.91. The van der Waals surface area contributed by atoms with Gasteiger partial charge in [0.15, 0.2) is 9.84 Å². The molecule has 0 saturated carbocycles. The monoisotopic (exact) mass is 353 g/mol. The highest BCUT2D eigenvalue weighted by Gasteiger charge is 2.39. The number of sulfone groups is 1. The van der Waals surface area contributed by atoms with Gasteiger partial charge in [0.1, 0.15) is 12.4 Å². The molecule has 0 unspecified atom stereocenters. The molecule has 1 fully saturated rings. The zero-order chi connectivity index (χ0) is 17.4. The maximum absolute atomic E-state index is 12.9. The molecule has 0 spiro atoms. The minimum atomic E-state index is -3.10. The van der Waals surface area contributed by atoms with E-state index in [4.69, 9.17) is 0 Å². The Balaban J connectivity index is 1.64. The fourth-order valence-corrected chi connectivity index (χ4v) is 4.73. The number of amides is 1. The Morgan fingerprint density at radius 3 is 2.71 bits per heavy atom. The third-order valence-corrected chi connectivity index (χ3v) is 5.69. The highest BCUT2D eigenvalue weighted by atomic mass is 32.2. The van der Waals surface area contributed by atoms with Gasteiger partial charge in [0.05, 0.1) is 17.0 Å². The quantitative estimate of drug-likeness (QED) is 0.840. The summed E-state index contributed by atoms with van der Waals surface area (Å²) in [6, 6.07) is 5.59. The minimum absolute atomic E-state index is 0.0695. The number of carbonyl (C=O) groups excluding carboxylic acids is 1. The third kappa shape index (κ3) is 3.75. The molecule has 0 radical (unpaired) electrons. The molecule has 3 rings (SSSR count). The summed E-state index contributed by atoms with van der Waals surface area (Å²) in [5.74, 6) is -0.488. The third-order valence-electron chi connectivity index (χ3n) is 3.78. The van der Waals surface area contributed by atoms with E-state index in [9.17, 15) is 17.6 Å². The van der Waals surface area contributed by atoms with Gasteiger partial charge in [-0.15, -0.1) is 10.2 Å². The molecular weight excluding hydrogens is 337 g/mol. The molecule has 2 heterocycles. The lowest BCUT2D eigenvalue weighted by Gasteiger charge is -2.23. The average Bonchev–Trinajstić information content (AvgIpc) is 3.04. The van der Waals surface area contributed by atoms with Crippen molar-refractivity contribution in [3.63, 3.8) is 0 Å². The predicted octanol–water partition coefficient (Wildman–Crippen LogP) is 0.173. The van der Waals surface area contributed by atoms with Gasteiger partial charge in [-0.25, -0.2) is 12.8 Å². The molecular formula is C14H16FN5O3S. The number of hydrogen-bond acceptors (Lipinski definition) is 6. The number of aromatic nitrogens is 4. The van der Waals surface area contributed by atoms with Gasteiger partial charge in [0, 0.05) is 5.56 Å².